The Morgan fingerprint density at radius 2 is 1.89 bits per heavy atom. The summed E-state index contributed by atoms with van der Waals surface area (Å²) < 4.78 is 0. The molecular weight excluding hydrogens is 248 g/mol. The molecule has 0 radical (unpaired) electrons. The normalized spacial score (nSPS) is 22.9. The lowest BCUT2D eigenvalue weighted by atomic mass is 9.86. The summed E-state index contributed by atoms with van der Waals surface area (Å²) >= 11 is 0. The summed E-state index contributed by atoms with van der Waals surface area (Å²) in [4.78, 5) is 35.4. The Kier molecular flexibility index (Phi) is 3.09. The van der Waals surface area contributed by atoms with Crippen molar-refractivity contribution in [2.75, 3.05) is 4.90 Å². The fraction of sp³-hybridized carbons (Fsp3) is 0.385. The van der Waals surface area contributed by atoms with Gasteiger partial charge in [-0.3, -0.25) is 24.6 Å². The molecule has 0 N–H and O–H groups in total. The third-order valence-corrected chi connectivity index (χ3v) is 3.61. The molecule has 100 valence electrons. The summed E-state index contributed by atoms with van der Waals surface area (Å²) in [6, 6.07) is 5.43. The number of amides is 2. The largest absolute Gasteiger partial charge is 0.274 e. The molecule has 0 bridgehead atoms. The van der Waals surface area contributed by atoms with E-state index in [0.717, 1.165) is 4.90 Å². The van der Waals surface area contributed by atoms with Gasteiger partial charge < -0.3 is 0 Å². The minimum Gasteiger partial charge on any atom is -0.274 e. The Labute approximate surface area is 110 Å². The predicted octanol–water partition coefficient (Wildman–Crippen LogP) is 2.27. The van der Waals surface area contributed by atoms with Crippen molar-refractivity contribution in [3.63, 3.8) is 0 Å². The van der Waals surface area contributed by atoms with Crippen LogP contribution in [0.4, 0.5) is 11.4 Å². The van der Waals surface area contributed by atoms with Gasteiger partial charge in [-0.25, -0.2) is 0 Å². The van der Waals surface area contributed by atoms with Crippen LogP contribution in [0.25, 0.3) is 0 Å². The third kappa shape index (κ3) is 2.09. The van der Waals surface area contributed by atoms with Gasteiger partial charge in [0, 0.05) is 18.6 Å². The zero-order valence-electron chi connectivity index (χ0n) is 10.8. The van der Waals surface area contributed by atoms with Crippen molar-refractivity contribution in [2.24, 2.45) is 5.41 Å². The number of imide groups is 1. The lowest BCUT2D eigenvalue weighted by molar-refractivity contribution is -0.384. The Morgan fingerprint density at radius 3 is 2.32 bits per heavy atom. The number of nitro groups is 1. The summed E-state index contributed by atoms with van der Waals surface area (Å²) in [5.74, 6) is -0.503. The van der Waals surface area contributed by atoms with Crippen LogP contribution in [0, 0.1) is 15.5 Å². The quantitative estimate of drug-likeness (QED) is 0.475. The van der Waals surface area contributed by atoms with E-state index < -0.39 is 10.3 Å². The molecule has 2 amide bonds. The minimum atomic E-state index is -0.668. The van der Waals surface area contributed by atoms with Gasteiger partial charge in [0.05, 0.1) is 16.0 Å². The van der Waals surface area contributed by atoms with E-state index in [0.29, 0.717) is 12.1 Å². The first-order valence-electron chi connectivity index (χ1n) is 6.01. The fourth-order valence-corrected chi connectivity index (χ4v) is 2.13. The summed E-state index contributed by atoms with van der Waals surface area (Å²) in [6.07, 6.45) is 0.764. The molecule has 0 aliphatic carbocycles. The van der Waals surface area contributed by atoms with Gasteiger partial charge in [-0.2, -0.15) is 0 Å². The number of hydrogen-bond donors (Lipinski definition) is 0. The van der Waals surface area contributed by atoms with Crippen molar-refractivity contribution in [3.8, 4) is 0 Å². The lowest BCUT2D eigenvalue weighted by Crippen LogP contribution is -2.33. The van der Waals surface area contributed by atoms with Gasteiger partial charge in [-0.05, 0) is 18.6 Å². The monoisotopic (exact) mass is 262 g/mol. The summed E-state index contributed by atoms with van der Waals surface area (Å²) in [5.41, 5.74) is -0.349. The van der Waals surface area contributed by atoms with E-state index in [2.05, 4.69) is 0 Å². The summed E-state index contributed by atoms with van der Waals surface area (Å²) in [5, 5.41) is 10.6. The number of nitro benzene ring substituents is 1. The first kappa shape index (κ1) is 13.2. The molecule has 1 fully saturated rings. The van der Waals surface area contributed by atoms with E-state index in [-0.39, 0.29) is 23.9 Å². The number of hydrogen-bond acceptors (Lipinski definition) is 4. The minimum absolute atomic E-state index is 0.0684. The maximum Gasteiger partial charge on any atom is 0.269 e. The molecule has 19 heavy (non-hydrogen) atoms. The highest BCUT2D eigenvalue weighted by molar-refractivity contribution is 6.22. The number of non-ortho nitro benzene ring substituents is 1. The smallest absolute Gasteiger partial charge is 0.269 e. The highest BCUT2D eigenvalue weighted by Gasteiger charge is 2.47. The zero-order chi connectivity index (χ0) is 14.2. The van der Waals surface area contributed by atoms with Crippen molar-refractivity contribution in [1.82, 2.24) is 0 Å². The molecule has 1 aromatic carbocycles. The van der Waals surface area contributed by atoms with Crippen LogP contribution in [0.2, 0.25) is 0 Å². The van der Waals surface area contributed by atoms with Crippen LogP contribution in [0.5, 0.6) is 0 Å². The standard InChI is InChI=1S/C13H14N2O4/c1-3-13(2)8-11(16)14(12(13)17)9-4-6-10(7-5-9)15(18)19/h4-7H,3,8H2,1-2H3. The van der Waals surface area contributed by atoms with Gasteiger partial charge in [-0.1, -0.05) is 13.8 Å². The van der Waals surface area contributed by atoms with E-state index in [1.165, 1.54) is 24.3 Å². The molecule has 1 aromatic rings. The summed E-state index contributed by atoms with van der Waals surface area (Å²) in [6.45, 7) is 3.63. The van der Waals surface area contributed by atoms with Crippen molar-refractivity contribution < 1.29 is 14.5 Å². The number of benzene rings is 1. The van der Waals surface area contributed by atoms with Gasteiger partial charge in [-0.15, -0.1) is 0 Å². The fourth-order valence-electron chi connectivity index (χ4n) is 2.13. The molecule has 6 nitrogen and oxygen atoms in total. The van der Waals surface area contributed by atoms with Crippen LogP contribution < -0.4 is 4.90 Å². The highest BCUT2D eigenvalue weighted by Crippen LogP contribution is 2.38. The van der Waals surface area contributed by atoms with Gasteiger partial charge in [0.2, 0.25) is 11.8 Å². The molecule has 6 heteroatoms. The lowest BCUT2D eigenvalue weighted by Gasteiger charge is -2.20. The maximum absolute atomic E-state index is 12.3. The first-order valence-corrected chi connectivity index (χ1v) is 6.01. The molecule has 2 rings (SSSR count). The van der Waals surface area contributed by atoms with Gasteiger partial charge in [0.1, 0.15) is 0 Å². The van der Waals surface area contributed by atoms with Crippen LogP contribution in [0.3, 0.4) is 0 Å². The van der Waals surface area contributed by atoms with Crippen LogP contribution >= 0.6 is 0 Å². The van der Waals surface area contributed by atoms with Crippen LogP contribution in [0.1, 0.15) is 26.7 Å². The van der Waals surface area contributed by atoms with Crippen LogP contribution in [-0.4, -0.2) is 16.7 Å². The van der Waals surface area contributed by atoms with Crippen LogP contribution in [0.15, 0.2) is 24.3 Å². The topological polar surface area (TPSA) is 80.5 Å². The molecule has 0 aromatic heterocycles. The molecule has 1 heterocycles. The van der Waals surface area contributed by atoms with Crippen LogP contribution in [-0.2, 0) is 9.59 Å². The number of carbonyl (C=O) groups excluding carboxylic acids is 2. The maximum atomic E-state index is 12.3. The SMILES string of the molecule is CCC1(C)CC(=O)N(c2ccc([N+](=O)[O-])cc2)C1=O. The molecule has 0 spiro atoms. The van der Waals surface area contributed by atoms with E-state index >= 15 is 0 Å². The Hall–Kier alpha value is -2.24. The summed E-state index contributed by atoms with van der Waals surface area (Å²) in [7, 11) is 0. The molecule has 1 unspecified atom stereocenters. The first-order chi connectivity index (χ1) is 8.89. The molecule has 1 aliphatic rings. The Balaban J connectivity index is 2.34. The third-order valence-electron chi connectivity index (χ3n) is 3.61. The number of rotatable bonds is 3. The van der Waals surface area contributed by atoms with Crippen molar-refractivity contribution in [2.45, 2.75) is 26.7 Å². The van der Waals surface area contributed by atoms with Gasteiger partial charge in [0.25, 0.3) is 5.69 Å². The van der Waals surface area contributed by atoms with E-state index in [4.69, 9.17) is 0 Å². The van der Waals surface area contributed by atoms with Crippen molar-refractivity contribution >= 4 is 23.2 Å². The average molecular weight is 262 g/mol. The second kappa shape index (κ2) is 4.46. The second-order valence-electron chi connectivity index (χ2n) is 4.90. The second-order valence-corrected chi connectivity index (χ2v) is 4.90. The molecule has 1 atom stereocenters. The Bertz CT molecular complexity index is 552. The van der Waals surface area contributed by atoms with Crippen molar-refractivity contribution in [1.29, 1.82) is 0 Å². The Morgan fingerprint density at radius 1 is 1.32 bits per heavy atom. The van der Waals surface area contributed by atoms with E-state index in [9.17, 15) is 19.7 Å². The van der Waals surface area contributed by atoms with Gasteiger partial charge >= 0.3 is 0 Å². The molecule has 1 saturated heterocycles. The average Bonchev–Trinajstić information content (AvgIpc) is 2.61. The zero-order valence-corrected chi connectivity index (χ0v) is 10.8. The van der Waals surface area contributed by atoms with E-state index in [1.54, 1.807) is 6.92 Å². The highest BCUT2D eigenvalue weighted by atomic mass is 16.6. The molecule has 1 aliphatic heterocycles. The van der Waals surface area contributed by atoms with Crippen molar-refractivity contribution in [3.05, 3.63) is 34.4 Å². The number of carbonyl (C=O) groups is 2. The predicted molar refractivity (Wildman–Crippen MR) is 68.6 cm³/mol. The number of nitrogens with zero attached hydrogens (tertiary/aromatic N) is 2. The molecular formula is C13H14N2O4. The molecule has 0 saturated carbocycles. The number of anilines is 1. The van der Waals surface area contributed by atoms with E-state index in [1.807, 2.05) is 6.92 Å². The van der Waals surface area contributed by atoms with Gasteiger partial charge in [0.15, 0.2) is 0 Å².